The molecule has 2 aromatic carbocycles. The van der Waals surface area contributed by atoms with Crippen LogP contribution in [-0.2, 0) is 12.4 Å². The molecule has 0 saturated heterocycles. The SMILES string of the molecule is N#Cc1c(-c2ccccc2C(F)(F)F)cccc1C(F)(F)F. The molecule has 0 N–H and O–H groups in total. The normalized spacial score (nSPS) is 12.0. The lowest BCUT2D eigenvalue weighted by atomic mass is 9.92. The molecule has 0 spiro atoms. The molecule has 0 saturated carbocycles. The number of nitriles is 1. The van der Waals surface area contributed by atoms with Crippen molar-refractivity contribution in [2.45, 2.75) is 12.4 Å². The molecule has 0 atom stereocenters. The summed E-state index contributed by atoms with van der Waals surface area (Å²) in [4.78, 5) is 0. The van der Waals surface area contributed by atoms with Crippen LogP contribution in [0.15, 0.2) is 42.5 Å². The van der Waals surface area contributed by atoms with E-state index in [1.54, 1.807) is 0 Å². The first-order valence-corrected chi connectivity index (χ1v) is 5.93. The molecule has 0 aliphatic rings. The van der Waals surface area contributed by atoms with Crippen molar-refractivity contribution < 1.29 is 26.3 Å². The molecule has 1 nitrogen and oxygen atoms in total. The molecule has 0 aromatic heterocycles. The molecule has 0 fully saturated rings. The summed E-state index contributed by atoms with van der Waals surface area (Å²) in [6.45, 7) is 0. The molecule has 0 bridgehead atoms. The van der Waals surface area contributed by atoms with E-state index in [1.807, 2.05) is 0 Å². The van der Waals surface area contributed by atoms with Crippen LogP contribution in [0.25, 0.3) is 11.1 Å². The molecule has 0 radical (unpaired) electrons. The van der Waals surface area contributed by atoms with Gasteiger partial charge in [0.15, 0.2) is 0 Å². The lowest BCUT2D eigenvalue weighted by molar-refractivity contribution is -0.138. The van der Waals surface area contributed by atoms with Gasteiger partial charge in [-0.1, -0.05) is 30.3 Å². The van der Waals surface area contributed by atoms with Crippen molar-refractivity contribution in [3.05, 3.63) is 59.2 Å². The molecule has 0 amide bonds. The van der Waals surface area contributed by atoms with Gasteiger partial charge in [-0.2, -0.15) is 31.6 Å². The molecule has 0 aliphatic carbocycles. The van der Waals surface area contributed by atoms with Crippen molar-refractivity contribution in [1.29, 1.82) is 5.26 Å². The van der Waals surface area contributed by atoms with Gasteiger partial charge in [-0.3, -0.25) is 0 Å². The highest BCUT2D eigenvalue weighted by Gasteiger charge is 2.37. The van der Waals surface area contributed by atoms with Crippen molar-refractivity contribution in [1.82, 2.24) is 0 Å². The number of halogens is 6. The minimum absolute atomic E-state index is 0.398. The van der Waals surface area contributed by atoms with Gasteiger partial charge in [0.1, 0.15) is 6.07 Å². The first-order chi connectivity index (χ1) is 10.2. The van der Waals surface area contributed by atoms with E-state index in [0.717, 1.165) is 30.3 Å². The molecular weight excluding hydrogens is 308 g/mol. The zero-order valence-corrected chi connectivity index (χ0v) is 10.8. The number of rotatable bonds is 1. The molecule has 0 unspecified atom stereocenters. The van der Waals surface area contributed by atoms with Crippen LogP contribution in [0.5, 0.6) is 0 Å². The van der Waals surface area contributed by atoms with E-state index >= 15 is 0 Å². The predicted molar refractivity (Wildman–Crippen MR) is 66.6 cm³/mol. The van der Waals surface area contributed by atoms with Gasteiger partial charge >= 0.3 is 12.4 Å². The summed E-state index contributed by atoms with van der Waals surface area (Å²) in [6, 6.07) is 8.27. The number of hydrogen-bond donors (Lipinski definition) is 0. The van der Waals surface area contributed by atoms with Crippen LogP contribution in [0.2, 0.25) is 0 Å². The fourth-order valence-electron chi connectivity index (χ4n) is 2.10. The van der Waals surface area contributed by atoms with Crippen molar-refractivity contribution in [3.8, 4) is 17.2 Å². The highest BCUT2D eigenvalue weighted by atomic mass is 19.4. The molecule has 114 valence electrons. The van der Waals surface area contributed by atoms with Crippen LogP contribution < -0.4 is 0 Å². The molecule has 0 heterocycles. The van der Waals surface area contributed by atoms with E-state index in [1.165, 1.54) is 12.1 Å². The standard InChI is InChI=1S/C15H7F6N/c16-14(17,18)12-6-2-1-4-10(12)9-5-3-7-13(11(9)8-22)15(19,20)21/h1-7H. The predicted octanol–water partition coefficient (Wildman–Crippen LogP) is 5.26. The summed E-state index contributed by atoms with van der Waals surface area (Å²) in [6.07, 6.45) is -9.56. The Morgan fingerprint density at radius 2 is 1.18 bits per heavy atom. The van der Waals surface area contributed by atoms with Crippen molar-refractivity contribution >= 4 is 0 Å². The Morgan fingerprint density at radius 3 is 1.73 bits per heavy atom. The number of alkyl halides is 6. The number of hydrogen-bond acceptors (Lipinski definition) is 1. The van der Waals surface area contributed by atoms with Crippen LogP contribution >= 0.6 is 0 Å². The number of benzene rings is 2. The maximum Gasteiger partial charge on any atom is 0.417 e. The van der Waals surface area contributed by atoms with E-state index in [0.29, 0.717) is 6.07 Å². The quantitative estimate of drug-likeness (QED) is 0.658. The Hall–Kier alpha value is -2.49. The largest absolute Gasteiger partial charge is 0.417 e. The molecule has 2 rings (SSSR count). The highest BCUT2D eigenvalue weighted by molar-refractivity contribution is 5.75. The second kappa shape index (κ2) is 5.37. The maximum atomic E-state index is 13.0. The van der Waals surface area contributed by atoms with Crippen LogP contribution in [-0.4, -0.2) is 0 Å². The summed E-state index contributed by atoms with van der Waals surface area (Å²) in [7, 11) is 0. The molecular formula is C15H7F6N. The van der Waals surface area contributed by atoms with Gasteiger partial charge in [0.05, 0.1) is 16.7 Å². The van der Waals surface area contributed by atoms with Gasteiger partial charge in [-0.25, -0.2) is 0 Å². The van der Waals surface area contributed by atoms with Crippen LogP contribution in [0.4, 0.5) is 26.3 Å². The zero-order valence-electron chi connectivity index (χ0n) is 10.8. The summed E-state index contributed by atoms with van der Waals surface area (Å²) in [5.41, 5.74) is -4.04. The summed E-state index contributed by atoms with van der Waals surface area (Å²) >= 11 is 0. The summed E-state index contributed by atoms with van der Waals surface area (Å²) in [5.74, 6) is 0. The molecule has 7 heteroatoms. The molecule has 22 heavy (non-hydrogen) atoms. The molecule has 2 aromatic rings. The lowest BCUT2D eigenvalue weighted by Crippen LogP contribution is -2.11. The smallest absolute Gasteiger partial charge is 0.192 e. The lowest BCUT2D eigenvalue weighted by Gasteiger charge is -2.16. The van der Waals surface area contributed by atoms with Gasteiger partial charge < -0.3 is 0 Å². The van der Waals surface area contributed by atoms with Crippen molar-refractivity contribution in [3.63, 3.8) is 0 Å². The van der Waals surface area contributed by atoms with Gasteiger partial charge in [-0.05, 0) is 17.7 Å². The van der Waals surface area contributed by atoms with Gasteiger partial charge in [-0.15, -0.1) is 0 Å². The van der Waals surface area contributed by atoms with Gasteiger partial charge in [0.25, 0.3) is 0 Å². The van der Waals surface area contributed by atoms with Crippen molar-refractivity contribution in [2.24, 2.45) is 0 Å². The van der Waals surface area contributed by atoms with Gasteiger partial charge in [0.2, 0.25) is 0 Å². The zero-order chi connectivity index (χ0) is 16.5. The summed E-state index contributed by atoms with van der Waals surface area (Å²) < 4.78 is 77.7. The van der Waals surface area contributed by atoms with Crippen molar-refractivity contribution in [2.75, 3.05) is 0 Å². The molecule has 0 aliphatic heterocycles. The highest BCUT2D eigenvalue weighted by Crippen LogP contribution is 2.41. The van der Waals surface area contributed by atoms with E-state index < -0.39 is 40.2 Å². The first-order valence-electron chi connectivity index (χ1n) is 5.93. The third-order valence-corrected chi connectivity index (χ3v) is 3.00. The van der Waals surface area contributed by atoms with E-state index in [9.17, 15) is 26.3 Å². The number of nitrogens with zero attached hydrogens (tertiary/aromatic N) is 1. The second-order valence-electron chi connectivity index (χ2n) is 4.38. The Morgan fingerprint density at radius 1 is 0.682 bits per heavy atom. The minimum atomic E-state index is -4.83. The average Bonchev–Trinajstić information content (AvgIpc) is 2.44. The van der Waals surface area contributed by atoms with Crippen LogP contribution in [0, 0.1) is 11.3 Å². The van der Waals surface area contributed by atoms with Gasteiger partial charge in [0, 0.05) is 5.56 Å². The van der Waals surface area contributed by atoms with Crippen LogP contribution in [0.3, 0.4) is 0 Å². The third-order valence-electron chi connectivity index (χ3n) is 3.00. The Bertz CT molecular complexity index is 737. The van der Waals surface area contributed by atoms with E-state index in [-0.39, 0.29) is 0 Å². The topological polar surface area (TPSA) is 23.8 Å². The fraction of sp³-hybridized carbons (Fsp3) is 0.133. The Kier molecular flexibility index (Phi) is 3.88. The Labute approximate surface area is 121 Å². The third kappa shape index (κ3) is 2.91. The van der Waals surface area contributed by atoms with E-state index in [2.05, 4.69) is 0 Å². The summed E-state index contributed by atoms with van der Waals surface area (Å²) in [5, 5.41) is 8.99. The average molecular weight is 315 g/mol. The maximum absolute atomic E-state index is 13.0. The Balaban J connectivity index is 2.79. The first kappa shape index (κ1) is 15.9. The van der Waals surface area contributed by atoms with Crippen LogP contribution in [0.1, 0.15) is 16.7 Å². The van der Waals surface area contributed by atoms with E-state index in [4.69, 9.17) is 5.26 Å². The monoisotopic (exact) mass is 315 g/mol. The second-order valence-corrected chi connectivity index (χ2v) is 4.38. The minimum Gasteiger partial charge on any atom is -0.192 e. The fourth-order valence-corrected chi connectivity index (χ4v) is 2.10.